The number of rotatable bonds is 7. The fraction of sp³-hybridized carbons (Fsp3) is 0.250. The number of benzene rings is 1. The molecule has 2 aromatic rings. The Morgan fingerprint density at radius 1 is 1.46 bits per heavy atom. The SMILES string of the molecule is CCn1cc(COc2ccc(N/N=C(\C#N)C(=N)N)cc2)c(C)n1. The van der Waals surface area contributed by atoms with Crippen molar-refractivity contribution >= 4 is 17.2 Å². The van der Waals surface area contributed by atoms with Crippen LogP contribution in [0.15, 0.2) is 35.6 Å². The van der Waals surface area contributed by atoms with Gasteiger partial charge in [0.2, 0.25) is 5.71 Å². The van der Waals surface area contributed by atoms with Crippen LogP contribution in [0.1, 0.15) is 18.2 Å². The van der Waals surface area contributed by atoms with E-state index in [0.717, 1.165) is 17.8 Å². The van der Waals surface area contributed by atoms with Crippen LogP contribution < -0.4 is 15.9 Å². The molecule has 4 N–H and O–H groups in total. The second kappa shape index (κ2) is 7.78. The third kappa shape index (κ3) is 4.33. The van der Waals surface area contributed by atoms with Gasteiger partial charge in [0.05, 0.1) is 11.4 Å². The summed E-state index contributed by atoms with van der Waals surface area (Å²) in [5.74, 6) is 0.327. The summed E-state index contributed by atoms with van der Waals surface area (Å²) in [6, 6.07) is 8.84. The van der Waals surface area contributed by atoms with Crippen LogP contribution >= 0.6 is 0 Å². The molecule has 1 aromatic carbocycles. The number of ether oxygens (including phenoxy) is 1. The maximum absolute atomic E-state index is 8.77. The number of hydrogen-bond acceptors (Lipinski definition) is 6. The molecule has 0 saturated heterocycles. The molecule has 0 bridgehead atoms. The van der Waals surface area contributed by atoms with Crippen molar-refractivity contribution in [2.24, 2.45) is 10.8 Å². The second-order valence-corrected chi connectivity index (χ2v) is 5.01. The fourth-order valence-corrected chi connectivity index (χ4v) is 1.92. The van der Waals surface area contributed by atoms with E-state index >= 15 is 0 Å². The molecular formula is C16H19N7O. The molecule has 0 radical (unpaired) electrons. The van der Waals surface area contributed by atoms with Crippen molar-refractivity contribution in [1.82, 2.24) is 9.78 Å². The number of nitrogens with two attached hydrogens (primary N) is 1. The van der Waals surface area contributed by atoms with Gasteiger partial charge in [0.1, 0.15) is 18.4 Å². The van der Waals surface area contributed by atoms with Crippen molar-refractivity contribution in [3.05, 3.63) is 41.7 Å². The van der Waals surface area contributed by atoms with Gasteiger partial charge in [-0.05, 0) is 38.1 Å². The van der Waals surface area contributed by atoms with E-state index in [1.165, 1.54) is 0 Å². The Labute approximate surface area is 140 Å². The van der Waals surface area contributed by atoms with Gasteiger partial charge in [0, 0.05) is 18.3 Å². The number of nitrogens with zero attached hydrogens (tertiary/aromatic N) is 4. The topological polar surface area (TPSA) is 125 Å². The smallest absolute Gasteiger partial charge is 0.201 e. The Morgan fingerprint density at radius 3 is 2.71 bits per heavy atom. The molecule has 0 spiro atoms. The largest absolute Gasteiger partial charge is 0.489 e. The maximum Gasteiger partial charge on any atom is 0.201 e. The molecule has 1 aromatic heterocycles. The molecule has 0 unspecified atom stereocenters. The van der Waals surface area contributed by atoms with E-state index < -0.39 is 0 Å². The monoisotopic (exact) mass is 325 g/mol. The highest BCUT2D eigenvalue weighted by molar-refractivity contribution is 6.45. The quantitative estimate of drug-likeness (QED) is 0.408. The van der Waals surface area contributed by atoms with Crippen LogP contribution in [0.2, 0.25) is 0 Å². The predicted molar refractivity (Wildman–Crippen MR) is 92.0 cm³/mol. The average molecular weight is 325 g/mol. The number of anilines is 1. The van der Waals surface area contributed by atoms with Crippen LogP contribution in [0, 0.1) is 23.7 Å². The molecule has 0 aliphatic carbocycles. The van der Waals surface area contributed by atoms with Crippen LogP contribution in [0.5, 0.6) is 5.75 Å². The summed E-state index contributed by atoms with van der Waals surface area (Å²) in [7, 11) is 0. The third-order valence-electron chi connectivity index (χ3n) is 3.28. The predicted octanol–water partition coefficient (Wildman–Crippen LogP) is 2.02. The molecule has 1 heterocycles. The first-order valence-electron chi connectivity index (χ1n) is 7.37. The highest BCUT2D eigenvalue weighted by Crippen LogP contribution is 2.18. The van der Waals surface area contributed by atoms with E-state index in [2.05, 4.69) is 15.6 Å². The zero-order valence-corrected chi connectivity index (χ0v) is 13.6. The lowest BCUT2D eigenvalue weighted by atomic mass is 10.3. The lowest BCUT2D eigenvalue weighted by Crippen LogP contribution is -2.21. The summed E-state index contributed by atoms with van der Waals surface area (Å²) < 4.78 is 7.62. The summed E-state index contributed by atoms with van der Waals surface area (Å²) >= 11 is 0. The zero-order chi connectivity index (χ0) is 17.5. The Balaban J connectivity index is 1.96. The summed E-state index contributed by atoms with van der Waals surface area (Å²) in [5, 5.41) is 24.1. The number of hydrazone groups is 1. The minimum Gasteiger partial charge on any atom is -0.489 e. The Kier molecular flexibility index (Phi) is 5.52. The van der Waals surface area contributed by atoms with Crippen LogP contribution in [0.3, 0.4) is 0 Å². The van der Waals surface area contributed by atoms with Gasteiger partial charge in [-0.15, -0.1) is 0 Å². The number of amidine groups is 1. The molecular weight excluding hydrogens is 306 g/mol. The normalized spacial score (nSPS) is 11.0. The van der Waals surface area contributed by atoms with E-state index in [1.807, 2.05) is 24.7 Å². The molecule has 8 nitrogen and oxygen atoms in total. The van der Waals surface area contributed by atoms with Gasteiger partial charge in [-0.25, -0.2) is 0 Å². The van der Waals surface area contributed by atoms with Crippen molar-refractivity contribution in [2.75, 3.05) is 5.43 Å². The summed E-state index contributed by atoms with van der Waals surface area (Å²) in [6.45, 7) is 5.26. The summed E-state index contributed by atoms with van der Waals surface area (Å²) in [6.07, 6.45) is 1.98. The number of aromatic nitrogens is 2. The molecule has 0 fully saturated rings. The highest BCUT2D eigenvalue weighted by Gasteiger charge is 2.05. The standard InChI is InChI=1S/C16H19N7O/c1-3-23-9-12(11(2)22-23)10-24-14-6-4-13(5-7-14)20-21-15(8-17)16(18)19/h4-7,9,20H,3,10H2,1-2H3,(H3,18,19)/b21-15+. The Bertz CT molecular complexity index is 784. The average Bonchev–Trinajstić information content (AvgIpc) is 2.94. The van der Waals surface area contributed by atoms with Gasteiger partial charge in [-0.3, -0.25) is 15.5 Å². The first-order chi connectivity index (χ1) is 11.5. The molecule has 0 atom stereocenters. The van der Waals surface area contributed by atoms with Gasteiger partial charge in [0.15, 0.2) is 5.84 Å². The van der Waals surface area contributed by atoms with Gasteiger partial charge in [-0.2, -0.15) is 15.5 Å². The molecule has 24 heavy (non-hydrogen) atoms. The van der Waals surface area contributed by atoms with Crippen molar-refractivity contribution < 1.29 is 4.74 Å². The van der Waals surface area contributed by atoms with Crippen molar-refractivity contribution in [2.45, 2.75) is 27.0 Å². The lowest BCUT2D eigenvalue weighted by Gasteiger charge is -2.06. The van der Waals surface area contributed by atoms with Gasteiger partial charge < -0.3 is 10.5 Å². The molecule has 0 amide bonds. The van der Waals surface area contributed by atoms with Crippen LogP contribution in [-0.2, 0) is 13.2 Å². The van der Waals surface area contributed by atoms with E-state index in [9.17, 15) is 0 Å². The van der Waals surface area contributed by atoms with E-state index in [0.29, 0.717) is 18.0 Å². The first kappa shape index (κ1) is 17.0. The molecule has 0 saturated carbocycles. The number of aryl methyl sites for hydroxylation is 2. The summed E-state index contributed by atoms with van der Waals surface area (Å²) in [4.78, 5) is 0. The van der Waals surface area contributed by atoms with E-state index in [-0.39, 0.29) is 11.5 Å². The molecule has 124 valence electrons. The maximum atomic E-state index is 8.77. The number of hydrogen-bond donors (Lipinski definition) is 3. The summed E-state index contributed by atoms with van der Waals surface area (Å²) in [5.41, 5.74) is 10.4. The van der Waals surface area contributed by atoms with Gasteiger partial charge in [-0.1, -0.05) is 0 Å². The van der Waals surface area contributed by atoms with Gasteiger partial charge in [0.25, 0.3) is 0 Å². The Hall–Kier alpha value is -3.34. The van der Waals surface area contributed by atoms with Crippen LogP contribution in [-0.4, -0.2) is 21.3 Å². The minimum absolute atomic E-state index is 0.168. The van der Waals surface area contributed by atoms with Crippen molar-refractivity contribution in [3.63, 3.8) is 0 Å². The second-order valence-electron chi connectivity index (χ2n) is 5.01. The molecule has 0 aliphatic rings. The number of nitriles is 1. The lowest BCUT2D eigenvalue weighted by molar-refractivity contribution is 0.305. The molecule has 0 aliphatic heterocycles. The van der Waals surface area contributed by atoms with E-state index in [4.69, 9.17) is 21.1 Å². The molecule has 2 rings (SSSR count). The fourth-order valence-electron chi connectivity index (χ4n) is 1.92. The molecule has 8 heteroatoms. The van der Waals surface area contributed by atoms with Crippen LogP contribution in [0.25, 0.3) is 0 Å². The van der Waals surface area contributed by atoms with E-state index in [1.54, 1.807) is 30.3 Å². The zero-order valence-electron chi connectivity index (χ0n) is 13.6. The van der Waals surface area contributed by atoms with Gasteiger partial charge >= 0.3 is 0 Å². The highest BCUT2D eigenvalue weighted by atomic mass is 16.5. The van der Waals surface area contributed by atoms with Crippen molar-refractivity contribution in [3.8, 4) is 11.8 Å². The third-order valence-corrected chi connectivity index (χ3v) is 3.28. The minimum atomic E-state index is -0.382. The van der Waals surface area contributed by atoms with Crippen LogP contribution in [0.4, 0.5) is 5.69 Å². The van der Waals surface area contributed by atoms with Crippen molar-refractivity contribution in [1.29, 1.82) is 10.7 Å². The number of nitrogens with one attached hydrogen (secondary N) is 2. The first-order valence-corrected chi connectivity index (χ1v) is 7.37. The Morgan fingerprint density at radius 2 is 2.17 bits per heavy atom.